The van der Waals surface area contributed by atoms with Crippen LogP contribution in [0.15, 0.2) is 18.2 Å². The summed E-state index contributed by atoms with van der Waals surface area (Å²) in [5.74, 6) is 2.44. The summed E-state index contributed by atoms with van der Waals surface area (Å²) in [6.45, 7) is 7.27. The van der Waals surface area contributed by atoms with Crippen LogP contribution in [0, 0.1) is 5.92 Å². The monoisotopic (exact) mass is 293 g/mol. The standard InChI is InChI=1S/C18H31NO2/c1-5-7-8-15(6-2)13-21-18-10-9-17(20-4)12-16(18)11-14(3)19/h9-10,12,14-15H,5-8,11,13,19H2,1-4H3. The van der Waals surface area contributed by atoms with Gasteiger partial charge in [-0.25, -0.2) is 0 Å². The zero-order valence-corrected chi connectivity index (χ0v) is 14.0. The minimum atomic E-state index is 0.113. The molecule has 21 heavy (non-hydrogen) atoms. The fourth-order valence-corrected chi connectivity index (χ4v) is 2.44. The molecule has 3 heteroatoms. The normalized spacial score (nSPS) is 13.8. The van der Waals surface area contributed by atoms with Gasteiger partial charge in [0, 0.05) is 6.04 Å². The number of rotatable bonds is 10. The molecule has 0 aliphatic rings. The van der Waals surface area contributed by atoms with Crippen molar-refractivity contribution in [2.75, 3.05) is 13.7 Å². The first-order chi connectivity index (χ1) is 10.1. The van der Waals surface area contributed by atoms with E-state index in [-0.39, 0.29) is 6.04 Å². The Hall–Kier alpha value is -1.22. The molecule has 0 saturated heterocycles. The Morgan fingerprint density at radius 1 is 1.24 bits per heavy atom. The third kappa shape index (κ3) is 6.38. The summed E-state index contributed by atoms with van der Waals surface area (Å²) >= 11 is 0. The quantitative estimate of drug-likeness (QED) is 0.704. The highest BCUT2D eigenvalue weighted by Gasteiger charge is 2.11. The van der Waals surface area contributed by atoms with Crippen LogP contribution in [-0.4, -0.2) is 19.8 Å². The van der Waals surface area contributed by atoms with Gasteiger partial charge in [0.2, 0.25) is 0 Å². The van der Waals surface area contributed by atoms with Crippen molar-refractivity contribution in [3.63, 3.8) is 0 Å². The topological polar surface area (TPSA) is 44.5 Å². The van der Waals surface area contributed by atoms with Crippen LogP contribution in [0.1, 0.15) is 52.0 Å². The van der Waals surface area contributed by atoms with Crippen molar-refractivity contribution in [2.24, 2.45) is 11.7 Å². The fraction of sp³-hybridized carbons (Fsp3) is 0.667. The van der Waals surface area contributed by atoms with Crippen molar-refractivity contribution in [3.05, 3.63) is 23.8 Å². The van der Waals surface area contributed by atoms with Crippen LogP contribution >= 0.6 is 0 Å². The number of nitrogens with two attached hydrogens (primary N) is 1. The molecule has 2 atom stereocenters. The van der Waals surface area contributed by atoms with E-state index in [1.165, 1.54) is 25.7 Å². The van der Waals surface area contributed by atoms with Crippen LogP contribution in [0.3, 0.4) is 0 Å². The van der Waals surface area contributed by atoms with E-state index >= 15 is 0 Å². The van der Waals surface area contributed by atoms with E-state index < -0.39 is 0 Å². The summed E-state index contributed by atoms with van der Waals surface area (Å²) in [7, 11) is 1.68. The van der Waals surface area contributed by atoms with Gasteiger partial charge >= 0.3 is 0 Å². The summed E-state index contributed by atoms with van der Waals surface area (Å²) in [5, 5.41) is 0. The molecule has 1 rings (SSSR count). The van der Waals surface area contributed by atoms with E-state index in [0.29, 0.717) is 5.92 Å². The highest BCUT2D eigenvalue weighted by Crippen LogP contribution is 2.26. The van der Waals surface area contributed by atoms with E-state index in [9.17, 15) is 0 Å². The van der Waals surface area contributed by atoms with E-state index in [4.69, 9.17) is 15.2 Å². The summed E-state index contributed by atoms with van der Waals surface area (Å²) in [6.07, 6.45) is 5.73. The van der Waals surface area contributed by atoms with E-state index in [2.05, 4.69) is 13.8 Å². The highest BCUT2D eigenvalue weighted by atomic mass is 16.5. The van der Waals surface area contributed by atoms with Gasteiger partial charge in [-0.15, -0.1) is 0 Å². The molecule has 0 spiro atoms. The molecule has 2 N–H and O–H groups in total. The maximum Gasteiger partial charge on any atom is 0.122 e. The zero-order valence-electron chi connectivity index (χ0n) is 14.0. The maximum absolute atomic E-state index is 6.08. The van der Waals surface area contributed by atoms with Crippen LogP contribution < -0.4 is 15.2 Å². The van der Waals surface area contributed by atoms with Gasteiger partial charge in [0.05, 0.1) is 13.7 Å². The van der Waals surface area contributed by atoms with E-state index in [0.717, 1.165) is 30.1 Å². The van der Waals surface area contributed by atoms with Crippen molar-refractivity contribution in [3.8, 4) is 11.5 Å². The van der Waals surface area contributed by atoms with Crippen LogP contribution in [-0.2, 0) is 6.42 Å². The minimum absolute atomic E-state index is 0.113. The first-order valence-electron chi connectivity index (χ1n) is 8.15. The van der Waals surface area contributed by atoms with Crippen molar-refractivity contribution in [2.45, 2.75) is 58.9 Å². The molecular formula is C18H31NO2. The Morgan fingerprint density at radius 3 is 2.57 bits per heavy atom. The molecule has 0 aliphatic heterocycles. The second-order valence-electron chi connectivity index (χ2n) is 5.88. The third-order valence-corrected chi connectivity index (χ3v) is 3.83. The van der Waals surface area contributed by atoms with Crippen molar-refractivity contribution < 1.29 is 9.47 Å². The Labute approximate surface area is 129 Å². The molecule has 0 aromatic heterocycles. The predicted octanol–water partition coefficient (Wildman–Crippen LogP) is 4.18. The largest absolute Gasteiger partial charge is 0.497 e. The van der Waals surface area contributed by atoms with Gasteiger partial charge in [-0.1, -0.05) is 33.1 Å². The lowest BCUT2D eigenvalue weighted by molar-refractivity contribution is 0.231. The summed E-state index contributed by atoms with van der Waals surface area (Å²) in [5.41, 5.74) is 7.07. The van der Waals surface area contributed by atoms with Crippen LogP contribution in [0.5, 0.6) is 11.5 Å². The van der Waals surface area contributed by atoms with Crippen molar-refractivity contribution in [1.29, 1.82) is 0 Å². The zero-order chi connectivity index (χ0) is 15.7. The molecule has 2 unspecified atom stereocenters. The van der Waals surface area contributed by atoms with Crippen LogP contribution in [0.4, 0.5) is 0 Å². The first-order valence-corrected chi connectivity index (χ1v) is 8.15. The molecule has 0 aliphatic carbocycles. The average Bonchev–Trinajstić information content (AvgIpc) is 2.47. The molecular weight excluding hydrogens is 262 g/mol. The van der Waals surface area contributed by atoms with Gasteiger partial charge in [0.15, 0.2) is 0 Å². The molecule has 3 nitrogen and oxygen atoms in total. The van der Waals surface area contributed by atoms with Crippen molar-refractivity contribution >= 4 is 0 Å². The van der Waals surface area contributed by atoms with Gasteiger partial charge in [-0.3, -0.25) is 0 Å². The number of unbranched alkanes of at least 4 members (excludes halogenated alkanes) is 1. The van der Waals surface area contributed by atoms with Crippen LogP contribution in [0.25, 0.3) is 0 Å². The van der Waals surface area contributed by atoms with Gasteiger partial charge < -0.3 is 15.2 Å². The third-order valence-electron chi connectivity index (χ3n) is 3.83. The average molecular weight is 293 g/mol. The molecule has 0 saturated carbocycles. The molecule has 1 aromatic carbocycles. The highest BCUT2D eigenvalue weighted by molar-refractivity contribution is 5.40. The minimum Gasteiger partial charge on any atom is -0.497 e. The lowest BCUT2D eigenvalue weighted by Crippen LogP contribution is -2.19. The molecule has 0 radical (unpaired) electrons. The molecule has 0 heterocycles. The predicted molar refractivity (Wildman–Crippen MR) is 89.1 cm³/mol. The van der Waals surface area contributed by atoms with E-state index in [1.807, 2.05) is 25.1 Å². The lowest BCUT2D eigenvalue weighted by Gasteiger charge is -2.18. The molecule has 120 valence electrons. The number of methoxy groups -OCH3 is 1. The molecule has 0 amide bonds. The van der Waals surface area contributed by atoms with Crippen LogP contribution in [0.2, 0.25) is 0 Å². The number of hydrogen-bond acceptors (Lipinski definition) is 3. The Kier molecular flexibility index (Phi) is 8.21. The summed E-state index contributed by atoms with van der Waals surface area (Å²) in [4.78, 5) is 0. The Bertz CT molecular complexity index is 404. The summed E-state index contributed by atoms with van der Waals surface area (Å²) < 4.78 is 11.4. The smallest absolute Gasteiger partial charge is 0.122 e. The SMILES string of the molecule is CCCCC(CC)COc1ccc(OC)cc1CC(C)N. The first kappa shape index (κ1) is 17.8. The van der Waals surface area contributed by atoms with Gasteiger partial charge in [0.1, 0.15) is 11.5 Å². The van der Waals surface area contributed by atoms with Crippen molar-refractivity contribution in [1.82, 2.24) is 0 Å². The number of hydrogen-bond donors (Lipinski definition) is 1. The molecule has 0 fully saturated rings. The second kappa shape index (κ2) is 9.67. The second-order valence-corrected chi connectivity index (χ2v) is 5.88. The molecule has 1 aromatic rings. The fourth-order valence-electron chi connectivity index (χ4n) is 2.44. The molecule has 0 bridgehead atoms. The lowest BCUT2D eigenvalue weighted by atomic mass is 10.0. The Morgan fingerprint density at radius 2 is 2.00 bits per heavy atom. The number of benzene rings is 1. The van der Waals surface area contributed by atoms with Gasteiger partial charge in [-0.2, -0.15) is 0 Å². The van der Waals surface area contributed by atoms with Gasteiger partial charge in [0.25, 0.3) is 0 Å². The van der Waals surface area contributed by atoms with E-state index in [1.54, 1.807) is 7.11 Å². The van der Waals surface area contributed by atoms with Gasteiger partial charge in [-0.05, 0) is 49.4 Å². The maximum atomic E-state index is 6.08. The number of ether oxygens (including phenoxy) is 2. The Balaban J connectivity index is 2.71. The summed E-state index contributed by atoms with van der Waals surface area (Å²) in [6, 6.07) is 6.10.